The molecule has 0 saturated carbocycles. The van der Waals surface area contributed by atoms with Gasteiger partial charge in [-0.05, 0) is 68.6 Å². The maximum Gasteiger partial charge on any atom is 0.695 e. The standard InChI is InChI=1S/C37H64F9N3O13P2/c1-5-8-14-33(13-7-3,16-10-19-47-30(50)35(38,39)40)26-59-24-29(22-57-4)62-64(55,56)60-25-28(61-63(53)54)23-58-27-34(15-9-6-2,17-11-20-48-31(51)36(41,42)43)18-12-21-49-32(52)37(44,45)46/h28-29H,5-27H2,1-4H3,(H4-,47,48,49,50,51,52,53,54,55,56)/p+1. The molecule has 0 aliphatic carbocycles. The first-order valence-corrected chi connectivity index (χ1v) is 23.5. The maximum atomic E-state index is 13.1. The van der Waals surface area contributed by atoms with Crippen LogP contribution in [0.4, 0.5) is 39.5 Å². The van der Waals surface area contributed by atoms with E-state index >= 15 is 0 Å². The number of unbranched alkanes of at least 4 members (excludes halogenated alkanes) is 2. The van der Waals surface area contributed by atoms with Crippen LogP contribution in [0.25, 0.3) is 0 Å². The van der Waals surface area contributed by atoms with Crippen LogP contribution in [0.3, 0.4) is 0 Å². The zero-order chi connectivity index (χ0) is 49.1. The third kappa shape index (κ3) is 28.1. The van der Waals surface area contributed by atoms with E-state index in [1.807, 2.05) is 26.1 Å². The van der Waals surface area contributed by atoms with Gasteiger partial charge in [-0.3, -0.25) is 23.4 Å². The molecule has 0 aromatic heterocycles. The van der Waals surface area contributed by atoms with Gasteiger partial charge in [0.1, 0.15) is 6.10 Å². The lowest BCUT2D eigenvalue weighted by Crippen LogP contribution is -2.39. The monoisotopic (exact) mass is 992 g/mol. The van der Waals surface area contributed by atoms with Crippen molar-refractivity contribution in [2.75, 3.05) is 66.4 Å². The van der Waals surface area contributed by atoms with Crippen LogP contribution in [-0.4, -0.2) is 125 Å². The smallest absolute Gasteiger partial charge is 0.382 e. The highest BCUT2D eigenvalue weighted by atomic mass is 31.2. The summed E-state index contributed by atoms with van der Waals surface area (Å²) in [5.41, 5.74) is -1.48. The number of ether oxygens (including phenoxy) is 3. The van der Waals surface area contributed by atoms with Crippen molar-refractivity contribution >= 4 is 33.8 Å². The second-order valence-electron chi connectivity index (χ2n) is 15.5. The molecular weight excluding hydrogens is 927 g/mol. The molecule has 5 unspecified atom stereocenters. The van der Waals surface area contributed by atoms with Crippen molar-refractivity contribution in [3.63, 3.8) is 0 Å². The van der Waals surface area contributed by atoms with E-state index in [-0.39, 0.29) is 65.1 Å². The molecule has 5 atom stereocenters. The first kappa shape index (κ1) is 61.8. The zero-order valence-electron chi connectivity index (χ0n) is 36.6. The topological polar surface area (TPSA) is 217 Å². The molecule has 0 saturated heterocycles. The van der Waals surface area contributed by atoms with Crippen molar-refractivity contribution < 1.29 is 101 Å². The normalized spacial score (nSPS) is 15.8. The summed E-state index contributed by atoms with van der Waals surface area (Å²) < 4.78 is 171. The predicted octanol–water partition coefficient (Wildman–Crippen LogP) is 7.73. The summed E-state index contributed by atoms with van der Waals surface area (Å²) >= 11 is 0. The van der Waals surface area contributed by atoms with Crippen molar-refractivity contribution in [2.45, 2.75) is 141 Å². The Morgan fingerprint density at radius 2 is 0.969 bits per heavy atom. The Morgan fingerprint density at radius 1 is 0.594 bits per heavy atom. The van der Waals surface area contributed by atoms with Crippen molar-refractivity contribution in [2.24, 2.45) is 10.8 Å². The fourth-order valence-electron chi connectivity index (χ4n) is 6.85. The number of alkyl halides is 9. The molecule has 0 heterocycles. The lowest BCUT2D eigenvalue weighted by Gasteiger charge is -2.35. The first-order valence-electron chi connectivity index (χ1n) is 20.9. The van der Waals surface area contributed by atoms with Crippen molar-refractivity contribution in [3.8, 4) is 0 Å². The predicted molar refractivity (Wildman–Crippen MR) is 213 cm³/mol. The number of rotatable bonds is 37. The minimum absolute atomic E-state index is 0.0317. The molecule has 0 aliphatic heterocycles. The van der Waals surface area contributed by atoms with E-state index in [9.17, 15) is 72.8 Å². The molecule has 5 N–H and O–H groups in total. The number of nitrogens with one attached hydrogen (secondary N) is 3. The van der Waals surface area contributed by atoms with Gasteiger partial charge in [0.15, 0.2) is 6.10 Å². The molecule has 0 aromatic rings. The Balaban J connectivity index is 5.86. The number of hydrogen-bond donors (Lipinski definition) is 5. The number of carbonyl (C=O) groups excluding carboxylic acids is 3. The molecule has 0 bridgehead atoms. The van der Waals surface area contributed by atoms with E-state index in [0.717, 1.165) is 12.8 Å². The van der Waals surface area contributed by atoms with Crippen molar-refractivity contribution in [1.82, 2.24) is 16.0 Å². The minimum atomic E-state index is -5.14. The Morgan fingerprint density at radius 3 is 1.31 bits per heavy atom. The van der Waals surface area contributed by atoms with Gasteiger partial charge in [0.05, 0.1) is 39.6 Å². The third-order valence-electron chi connectivity index (χ3n) is 9.90. The molecule has 0 spiro atoms. The van der Waals surface area contributed by atoms with Crippen LogP contribution in [0.5, 0.6) is 0 Å². The maximum absolute atomic E-state index is 13.1. The summed E-state index contributed by atoms with van der Waals surface area (Å²) in [5.74, 6) is -6.40. The van der Waals surface area contributed by atoms with Gasteiger partial charge in [-0.15, -0.1) is 9.42 Å². The largest absolute Gasteiger partial charge is 0.695 e. The van der Waals surface area contributed by atoms with Gasteiger partial charge < -0.3 is 35.1 Å². The molecule has 0 aliphatic rings. The van der Waals surface area contributed by atoms with Gasteiger partial charge in [0.25, 0.3) is 0 Å². The SMILES string of the molecule is CCCCC(CCCNC(=O)C(F)(F)F)(CCCNC(=O)C(F)(F)F)COCC(COP(=O)(O)OC(COC)COCC(CCC)(CCCC)CCCNC(=O)C(F)(F)F)O[P+](=O)O. The number of halogens is 9. The fourth-order valence-corrected chi connectivity index (χ4v) is 8.15. The van der Waals surface area contributed by atoms with Crippen LogP contribution >= 0.6 is 16.1 Å². The Labute approximate surface area is 368 Å². The number of carbonyl (C=O) groups is 3. The van der Waals surface area contributed by atoms with Crippen LogP contribution in [0.2, 0.25) is 0 Å². The van der Waals surface area contributed by atoms with Gasteiger partial charge >= 0.3 is 52.3 Å². The molecule has 64 heavy (non-hydrogen) atoms. The summed E-state index contributed by atoms with van der Waals surface area (Å²) in [6.07, 6.45) is -12.4. The van der Waals surface area contributed by atoms with Gasteiger partial charge in [0.2, 0.25) is 0 Å². The summed E-state index contributed by atoms with van der Waals surface area (Å²) in [4.78, 5) is 54.1. The quantitative estimate of drug-likeness (QED) is 0.0229. The lowest BCUT2D eigenvalue weighted by molar-refractivity contribution is -0.173. The van der Waals surface area contributed by atoms with Gasteiger partial charge in [-0.1, -0.05) is 52.9 Å². The molecule has 0 radical (unpaired) electrons. The van der Waals surface area contributed by atoms with E-state index < -0.39 is 102 Å². The highest BCUT2D eigenvalue weighted by Gasteiger charge is 2.41. The first-order chi connectivity index (χ1) is 29.7. The zero-order valence-corrected chi connectivity index (χ0v) is 38.4. The van der Waals surface area contributed by atoms with Crippen molar-refractivity contribution in [1.29, 1.82) is 0 Å². The molecule has 3 amide bonds. The summed E-state index contributed by atoms with van der Waals surface area (Å²) in [6, 6.07) is 0. The Hall–Kier alpha value is -2.21. The molecule has 0 fully saturated rings. The molecule has 0 rings (SSSR count). The summed E-state index contributed by atoms with van der Waals surface area (Å²) in [6.45, 7) is 2.43. The highest BCUT2D eigenvalue weighted by Crippen LogP contribution is 2.45. The fraction of sp³-hybridized carbons (Fsp3) is 0.919. The van der Waals surface area contributed by atoms with Crippen LogP contribution in [0, 0.1) is 10.8 Å². The molecule has 0 aromatic carbocycles. The molecule has 16 nitrogen and oxygen atoms in total. The van der Waals surface area contributed by atoms with Crippen LogP contribution in [0.1, 0.15) is 111 Å². The number of hydrogen-bond acceptors (Lipinski definition) is 11. The third-order valence-corrected chi connectivity index (χ3v) is 11.4. The Bertz CT molecular complexity index is 1380. The van der Waals surface area contributed by atoms with Gasteiger partial charge in [-0.2, -0.15) is 39.5 Å². The number of methoxy groups -OCH3 is 1. The van der Waals surface area contributed by atoms with Gasteiger partial charge in [0, 0.05) is 31.3 Å². The number of phosphoric acid groups is 1. The number of amides is 3. The van der Waals surface area contributed by atoms with E-state index in [1.54, 1.807) is 10.6 Å². The summed E-state index contributed by atoms with van der Waals surface area (Å²) in [7, 11) is -7.11. The van der Waals surface area contributed by atoms with Crippen LogP contribution < -0.4 is 16.0 Å². The number of phosphoric ester groups is 1. The molecule has 27 heteroatoms. The average Bonchev–Trinajstić information content (AvgIpc) is 3.18. The van der Waals surface area contributed by atoms with Crippen molar-refractivity contribution in [3.05, 3.63) is 0 Å². The minimum Gasteiger partial charge on any atom is -0.382 e. The molecular formula is C37H65F9N3O13P2+. The van der Waals surface area contributed by atoms with E-state index in [1.165, 1.54) is 7.11 Å². The average molecular weight is 993 g/mol. The van der Waals surface area contributed by atoms with E-state index in [4.69, 9.17) is 27.8 Å². The van der Waals surface area contributed by atoms with Crippen LogP contribution in [-0.2, 0) is 51.3 Å². The van der Waals surface area contributed by atoms with E-state index in [0.29, 0.717) is 44.9 Å². The lowest BCUT2D eigenvalue weighted by atomic mass is 9.75. The summed E-state index contributed by atoms with van der Waals surface area (Å²) in [5, 5.41) is 5.34. The highest BCUT2D eigenvalue weighted by molar-refractivity contribution is 7.47. The Kier molecular flexibility index (Phi) is 29.9. The van der Waals surface area contributed by atoms with Crippen LogP contribution in [0.15, 0.2) is 0 Å². The van der Waals surface area contributed by atoms with Gasteiger partial charge in [-0.25, -0.2) is 4.57 Å². The second kappa shape index (κ2) is 31.0. The second-order valence-corrected chi connectivity index (χ2v) is 17.6. The van der Waals surface area contributed by atoms with E-state index in [2.05, 4.69) is 0 Å². The molecule has 378 valence electrons.